The Morgan fingerprint density at radius 3 is 2.67 bits per heavy atom. The number of ether oxygens (including phenoxy) is 1. The van der Waals surface area contributed by atoms with Gasteiger partial charge in [0.25, 0.3) is 5.91 Å². The number of aromatic nitrogens is 2. The molecular weight excluding hydrogens is 386 g/mol. The molecule has 4 rings (SSSR count). The maximum absolute atomic E-state index is 12.7. The number of rotatable bonds is 5. The zero-order chi connectivity index (χ0) is 21.1. The lowest BCUT2D eigenvalue weighted by Crippen LogP contribution is -2.61. The number of piperidine rings is 1. The summed E-state index contributed by atoms with van der Waals surface area (Å²) >= 11 is 0. The summed E-state index contributed by atoms with van der Waals surface area (Å²) in [6.45, 7) is 5.48. The Morgan fingerprint density at radius 2 is 1.97 bits per heavy atom. The van der Waals surface area contributed by atoms with Crippen LogP contribution in [-0.2, 0) is 16.1 Å². The maximum atomic E-state index is 12.7. The number of carbonyl (C=O) groups is 2. The Kier molecular flexibility index (Phi) is 5.74. The maximum Gasteiger partial charge on any atom is 0.410 e. The van der Waals surface area contributed by atoms with Gasteiger partial charge in [-0.1, -0.05) is 18.2 Å². The van der Waals surface area contributed by atoms with E-state index in [2.05, 4.69) is 15.3 Å². The minimum absolute atomic E-state index is 0.00592. The number of morpholine rings is 1. The smallest absolute Gasteiger partial charge is 0.410 e. The molecule has 1 aromatic heterocycles. The van der Waals surface area contributed by atoms with Crippen molar-refractivity contribution in [2.75, 3.05) is 36.4 Å². The average Bonchev–Trinajstić information content (AvgIpc) is 3.17. The Balaban J connectivity index is 1.36. The molecule has 2 aliphatic heterocycles. The second kappa shape index (κ2) is 8.45. The Labute approximate surface area is 175 Å². The lowest BCUT2D eigenvalue weighted by Gasteiger charge is -2.49. The van der Waals surface area contributed by atoms with Gasteiger partial charge in [0, 0.05) is 31.4 Å². The van der Waals surface area contributed by atoms with Gasteiger partial charge in [-0.15, -0.1) is 0 Å². The molecule has 2 N–H and O–H groups in total. The molecule has 0 bridgehead atoms. The van der Waals surface area contributed by atoms with Crippen LogP contribution in [0.25, 0.3) is 0 Å². The van der Waals surface area contributed by atoms with E-state index in [1.165, 1.54) is 0 Å². The summed E-state index contributed by atoms with van der Waals surface area (Å²) in [5, 5.41) is 15.5. The van der Waals surface area contributed by atoms with Crippen LogP contribution in [0.1, 0.15) is 19.8 Å². The molecule has 9 heteroatoms. The van der Waals surface area contributed by atoms with Gasteiger partial charge < -0.3 is 19.6 Å². The summed E-state index contributed by atoms with van der Waals surface area (Å²) in [4.78, 5) is 27.7. The molecule has 0 saturated carbocycles. The highest BCUT2D eigenvalue weighted by atomic mass is 16.5. The van der Waals surface area contributed by atoms with Gasteiger partial charge in [-0.05, 0) is 31.9 Å². The predicted molar refractivity (Wildman–Crippen MR) is 112 cm³/mol. The number of carboxylic acid groups (broad SMARTS) is 1. The molecule has 1 unspecified atom stereocenters. The fraction of sp³-hybridized carbons (Fsp3) is 0.476. The van der Waals surface area contributed by atoms with E-state index < -0.39 is 12.2 Å². The van der Waals surface area contributed by atoms with Crippen molar-refractivity contribution in [3.05, 3.63) is 42.6 Å². The van der Waals surface area contributed by atoms with Gasteiger partial charge in [0.1, 0.15) is 11.9 Å². The zero-order valence-corrected chi connectivity index (χ0v) is 17.0. The van der Waals surface area contributed by atoms with Crippen LogP contribution in [0.5, 0.6) is 0 Å². The molecule has 2 amide bonds. The Morgan fingerprint density at radius 1 is 1.23 bits per heavy atom. The summed E-state index contributed by atoms with van der Waals surface area (Å²) in [6.07, 6.45) is 1.71. The summed E-state index contributed by atoms with van der Waals surface area (Å²) in [6, 6.07) is 11.4. The van der Waals surface area contributed by atoms with Crippen LogP contribution in [-0.4, -0.2) is 69.7 Å². The number of carbonyl (C=O) groups excluding carboxylic acids is 1. The van der Waals surface area contributed by atoms with Gasteiger partial charge in [0.2, 0.25) is 0 Å². The molecule has 2 aromatic rings. The summed E-state index contributed by atoms with van der Waals surface area (Å²) in [7, 11) is 0. The molecule has 1 aromatic carbocycles. The van der Waals surface area contributed by atoms with E-state index >= 15 is 0 Å². The summed E-state index contributed by atoms with van der Waals surface area (Å²) in [5.74, 6) is 0.476. The van der Waals surface area contributed by atoms with E-state index in [0.717, 1.165) is 38.2 Å². The van der Waals surface area contributed by atoms with Crippen molar-refractivity contribution in [2.24, 2.45) is 0 Å². The number of nitrogens with zero attached hydrogens (tertiary/aromatic N) is 4. The fourth-order valence-electron chi connectivity index (χ4n) is 4.30. The van der Waals surface area contributed by atoms with Gasteiger partial charge in [-0.2, -0.15) is 5.10 Å². The lowest BCUT2D eigenvalue weighted by atomic mass is 9.88. The third kappa shape index (κ3) is 4.31. The first-order valence-corrected chi connectivity index (χ1v) is 10.2. The van der Waals surface area contributed by atoms with Gasteiger partial charge in [0.05, 0.1) is 24.9 Å². The molecular formula is C21H27N5O4. The van der Waals surface area contributed by atoms with Crippen molar-refractivity contribution < 1.29 is 19.4 Å². The van der Waals surface area contributed by atoms with Crippen molar-refractivity contribution in [2.45, 2.75) is 38.0 Å². The van der Waals surface area contributed by atoms with Crippen LogP contribution in [0.2, 0.25) is 0 Å². The van der Waals surface area contributed by atoms with Gasteiger partial charge >= 0.3 is 6.09 Å². The zero-order valence-electron chi connectivity index (χ0n) is 17.0. The summed E-state index contributed by atoms with van der Waals surface area (Å²) in [5.41, 5.74) is 0.582. The first-order chi connectivity index (χ1) is 14.5. The second-order valence-electron chi connectivity index (χ2n) is 7.91. The average molecular weight is 413 g/mol. The van der Waals surface area contributed by atoms with Crippen LogP contribution in [0.4, 0.5) is 16.3 Å². The normalized spacial score (nSPS) is 21.7. The number of hydrogen-bond donors (Lipinski definition) is 2. The minimum Gasteiger partial charge on any atom is -0.465 e. The van der Waals surface area contributed by atoms with Crippen LogP contribution < -0.4 is 10.2 Å². The lowest BCUT2D eigenvalue weighted by molar-refractivity contribution is -0.161. The molecule has 9 nitrogen and oxygen atoms in total. The Hall–Kier alpha value is -2.91. The number of anilines is 2. The van der Waals surface area contributed by atoms with Crippen LogP contribution in [0.3, 0.4) is 0 Å². The number of benzene rings is 1. The van der Waals surface area contributed by atoms with E-state index in [1.54, 1.807) is 16.9 Å². The second-order valence-corrected chi connectivity index (χ2v) is 7.91. The van der Waals surface area contributed by atoms with Gasteiger partial charge in [-0.25, -0.2) is 9.48 Å². The molecule has 1 atom stereocenters. The van der Waals surface area contributed by atoms with Crippen LogP contribution in [0.15, 0.2) is 42.6 Å². The highest BCUT2D eigenvalue weighted by Gasteiger charge is 2.45. The topological polar surface area (TPSA) is 99.9 Å². The highest BCUT2D eigenvalue weighted by Crippen LogP contribution is 2.34. The SMILES string of the molecule is CC1OC2(CCN(CCn3nccc3NC(=O)O)CC2)CN(c2ccccc2)C1=O. The largest absolute Gasteiger partial charge is 0.465 e. The van der Waals surface area contributed by atoms with Crippen molar-refractivity contribution in [3.63, 3.8) is 0 Å². The first kappa shape index (κ1) is 20.4. The highest BCUT2D eigenvalue weighted by molar-refractivity contribution is 5.97. The van der Waals surface area contributed by atoms with E-state index in [4.69, 9.17) is 9.84 Å². The van der Waals surface area contributed by atoms with Crippen molar-refractivity contribution in [1.29, 1.82) is 0 Å². The van der Waals surface area contributed by atoms with Gasteiger partial charge in [0.15, 0.2) is 0 Å². The molecule has 3 heterocycles. The van der Waals surface area contributed by atoms with E-state index in [1.807, 2.05) is 42.2 Å². The van der Waals surface area contributed by atoms with E-state index in [-0.39, 0.29) is 11.5 Å². The number of hydrogen-bond acceptors (Lipinski definition) is 5. The van der Waals surface area contributed by atoms with Crippen LogP contribution >= 0.6 is 0 Å². The van der Waals surface area contributed by atoms with E-state index in [0.29, 0.717) is 18.9 Å². The molecule has 30 heavy (non-hydrogen) atoms. The molecule has 0 aliphatic carbocycles. The first-order valence-electron chi connectivity index (χ1n) is 10.2. The Bertz CT molecular complexity index is 892. The third-order valence-corrected chi connectivity index (χ3v) is 5.90. The molecule has 2 aliphatic rings. The quantitative estimate of drug-likeness (QED) is 0.780. The van der Waals surface area contributed by atoms with Crippen molar-refractivity contribution >= 4 is 23.5 Å². The predicted octanol–water partition coefficient (Wildman–Crippen LogP) is 2.26. The monoisotopic (exact) mass is 413 g/mol. The molecule has 2 saturated heterocycles. The van der Waals surface area contributed by atoms with E-state index in [9.17, 15) is 9.59 Å². The van der Waals surface area contributed by atoms with Crippen LogP contribution in [0, 0.1) is 0 Å². The number of amides is 2. The molecule has 0 radical (unpaired) electrons. The third-order valence-electron chi connectivity index (χ3n) is 5.90. The van der Waals surface area contributed by atoms with Gasteiger partial charge in [-0.3, -0.25) is 10.1 Å². The number of likely N-dealkylation sites (tertiary alicyclic amines) is 1. The van der Waals surface area contributed by atoms with Crippen molar-refractivity contribution in [3.8, 4) is 0 Å². The number of para-hydroxylation sites is 1. The standard InChI is InChI=1S/C21H27N5O4/c1-16-19(27)25(17-5-3-2-4-6-17)15-21(30-16)8-11-24(12-9-21)13-14-26-18(7-10-22-26)23-20(28)29/h2-7,10,16,23H,8-9,11-15H2,1H3,(H,28,29). The van der Waals surface area contributed by atoms with Crippen molar-refractivity contribution in [1.82, 2.24) is 14.7 Å². The fourth-order valence-corrected chi connectivity index (χ4v) is 4.30. The number of nitrogens with one attached hydrogen (secondary N) is 1. The molecule has 2 fully saturated rings. The molecule has 1 spiro atoms. The minimum atomic E-state index is -1.10. The summed E-state index contributed by atoms with van der Waals surface area (Å²) < 4.78 is 7.89. The molecule has 160 valence electrons.